The van der Waals surface area contributed by atoms with Gasteiger partial charge in [0, 0.05) is 0 Å². The number of esters is 1. The molecule has 6 heteroatoms. The first-order valence-corrected chi connectivity index (χ1v) is 5.09. The summed E-state index contributed by atoms with van der Waals surface area (Å²) in [5.41, 5.74) is -0.691. The highest BCUT2D eigenvalue weighted by atomic mass is 16.6. The number of hydrogen-bond donors (Lipinski definition) is 2. The number of aliphatic hydroxyl groups excluding tert-OH is 1. The van der Waals surface area contributed by atoms with Crippen molar-refractivity contribution in [2.75, 3.05) is 7.11 Å². The number of carbonyl (C=O) groups is 2. The molecule has 0 bridgehead atoms. The Bertz CT molecular complexity index is 295. The molecule has 0 spiro atoms. The van der Waals surface area contributed by atoms with Crippen LogP contribution < -0.4 is 5.32 Å². The highest BCUT2D eigenvalue weighted by Crippen LogP contribution is 2.07. The van der Waals surface area contributed by atoms with E-state index in [0.29, 0.717) is 0 Å². The highest BCUT2D eigenvalue weighted by Gasteiger charge is 2.29. The standard InChI is InChI=1S/C11H19NO5/c1-6-7(13)8(9(14)16-5)12-10(15)17-11(2,3)4/h6-8,13H,1H2,2-5H3,(H,12,15)/t7-,8-/m1/s1. The third-order valence-corrected chi connectivity index (χ3v) is 1.71. The van der Waals surface area contributed by atoms with Gasteiger partial charge in [-0.2, -0.15) is 0 Å². The second kappa shape index (κ2) is 6.24. The molecule has 0 radical (unpaired) electrons. The Kier molecular flexibility index (Phi) is 5.67. The second-order valence-corrected chi connectivity index (χ2v) is 4.37. The van der Waals surface area contributed by atoms with Crippen LogP contribution in [0.25, 0.3) is 0 Å². The minimum absolute atomic E-state index is 0.691. The molecule has 98 valence electrons. The molecule has 17 heavy (non-hydrogen) atoms. The third-order valence-electron chi connectivity index (χ3n) is 1.71. The fraction of sp³-hybridized carbons (Fsp3) is 0.636. The largest absolute Gasteiger partial charge is 0.467 e. The van der Waals surface area contributed by atoms with Crippen molar-refractivity contribution in [2.24, 2.45) is 0 Å². The zero-order valence-corrected chi connectivity index (χ0v) is 10.5. The monoisotopic (exact) mass is 245 g/mol. The molecule has 0 rings (SSSR count). The summed E-state index contributed by atoms with van der Waals surface area (Å²) in [6.07, 6.45) is -0.928. The number of carbonyl (C=O) groups excluding carboxylic acids is 2. The zero-order chi connectivity index (χ0) is 13.6. The molecule has 2 atom stereocenters. The van der Waals surface area contributed by atoms with Crippen molar-refractivity contribution in [3.63, 3.8) is 0 Å². The summed E-state index contributed by atoms with van der Waals surface area (Å²) in [5.74, 6) is -0.775. The first kappa shape index (κ1) is 15.4. The van der Waals surface area contributed by atoms with Crippen molar-refractivity contribution in [3.8, 4) is 0 Å². The number of amides is 1. The molecule has 0 unspecified atom stereocenters. The Morgan fingerprint density at radius 3 is 2.29 bits per heavy atom. The topological polar surface area (TPSA) is 84.9 Å². The lowest BCUT2D eigenvalue weighted by atomic mass is 10.1. The van der Waals surface area contributed by atoms with Gasteiger partial charge >= 0.3 is 12.1 Å². The maximum absolute atomic E-state index is 11.4. The van der Waals surface area contributed by atoms with Gasteiger partial charge in [0.15, 0.2) is 6.04 Å². The van der Waals surface area contributed by atoms with E-state index >= 15 is 0 Å². The van der Waals surface area contributed by atoms with Gasteiger partial charge in [0.05, 0.1) is 7.11 Å². The summed E-state index contributed by atoms with van der Waals surface area (Å²) in [7, 11) is 1.15. The Morgan fingerprint density at radius 2 is 1.94 bits per heavy atom. The normalized spacial score (nSPS) is 14.4. The van der Waals surface area contributed by atoms with E-state index in [2.05, 4.69) is 16.6 Å². The quantitative estimate of drug-likeness (QED) is 0.559. The van der Waals surface area contributed by atoms with Crippen molar-refractivity contribution >= 4 is 12.1 Å². The first-order valence-electron chi connectivity index (χ1n) is 5.09. The number of methoxy groups -OCH3 is 1. The van der Waals surface area contributed by atoms with Crippen LogP contribution in [0.1, 0.15) is 20.8 Å². The molecule has 2 N–H and O–H groups in total. The van der Waals surface area contributed by atoms with E-state index in [-0.39, 0.29) is 0 Å². The molecule has 0 aromatic rings. The van der Waals surface area contributed by atoms with Crippen LogP contribution in [0.3, 0.4) is 0 Å². The number of ether oxygens (including phenoxy) is 2. The van der Waals surface area contributed by atoms with Crippen LogP contribution in [0.4, 0.5) is 4.79 Å². The van der Waals surface area contributed by atoms with Crippen molar-refractivity contribution in [3.05, 3.63) is 12.7 Å². The maximum Gasteiger partial charge on any atom is 0.408 e. The second-order valence-electron chi connectivity index (χ2n) is 4.37. The number of nitrogens with one attached hydrogen (secondary N) is 1. The lowest BCUT2D eigenvalue weighted by Crippen LogP contribution is -2.50. The molecular weight excluding hydrogens is 226 g/mol. The van der Waals surface area contributed by atoms with Gasteiger partial charge < -0.3 is 19.9 Å². The van der Waals surface area contributed by atoms with E-state index in [1.807, 2.05) is 0 Å². The molecule has 0 saturated carbocycles. The maximum atomic E-state index is 11.4. The fourth-order valence-corrected chi connectivity index (χ4v) is 0.981. The minimum Gasteiger partial charge on any atom is -0.467 e. The van der Waals surface area contributed by atoms with Crippen LogP contribution in [0, 0.1) is 0 Å². The van der Waals surface area contributed by atoms with Gasteiger partial charge in [0.2, 0.25) is 0 Å². The summed E-state index contributed by atoms with van der Waals surface area (Å²) in [6, 6.07) is -1.23. The molecule has 0 aliphatic carbocycles. The van der Waals surface area contributed by atoms with Gasteiger partial charge in [-0.25, -0.2) is 9.59 Å². The van der Waals surface area contributed by atoms with Gasteiger partial charge in [-0.1, -0.05) is 6.08 Å². The SMILES string of the molecule is C=C[C@@H](O)[C@@H](NC(=O)OC(C)(C)C)C(=O)OC. The van der Waals surface area contributed by atoms with Crippen molar-refractivity contribution in [1.82, 2.24) is 5.32 Å². The van der Waals surface area contributed by atoms with E-state index in [0.717, 1.165) is 13.2 Å². The van der Waals surface area contributed by atoms with E-state index in [1.54, 1.807) is 20.8 Å². The minimum atomic E-state index is -1.24. The number of aliphatic hydroxyl groups is 1. The third kappa shape index (κ3) is 5.91. The summed E-state index contributed by atoms with van der Waals surface area (Å²) in [4.78, 5) is 22.7. The van der Waals surface area contributed by atoms with Gasteiger partial charge in [0.1, 0.15) is 11.7 Å². The molecule has 1 amide bonds. The molecule has 0 fully saturated rings. The van der Waals surface area contributed by atoms with Crippen LogP contribution in [-0.4, -0.2) is 42.0 Å². The Morgan fingerprint density at radius 1 is 1.41 bits per heavy atom. The molecular formula is C11H19NO5. The highest BCUT2D eigenvalue weighted by molar-refractivity contribution is 5.82. The lowest BCUT2D eigenvalue weighted by molar-refractivity contribution is -0.145. The number of rotatable bonds is 4. The van der Waals surface area contributed by atoms with Crippen molar-refractivity contribution < 1.29 is 24.2 Å². The van der Waals surface area contributed by atoms with Gasteiger partial charge in [-0.05, 0) is 20.8 Å². The lowest BCUT2D eigenvalue weighted by Gasteiger charge is -2.23. The van der Waals surface area contributed by atoms with Crippen molar-refractivity contribution in [2.45, 2.75) is 38.5 Å². The molecule has 0 aliphatic rings. The molecule has 0 aromatic heterocycles. The predicted octanol–water partition coefficient (Wildman–Crippen LogP) is 0.600. The average molecular weight is 245 g/mol. The summed E-state index contributed by atoms with van der Waals surface area (Å²) >= 11 is 0. The van der Waals surface area contributed by atoms with Crippen LogP contribution in [0.15, 0.2) is 12.7 Å². The summed E-state index contributed by atoms with van der Waals surface area (Å²) in [5, 5.41) is 11.7. The van der Waals surface area contributed by atoms with E-state index in [9.17, 15) is 14.7 Å². The predicted molar refractivity (Wildman–Crippen MR) is 61.4 cm³/mol. The zero-order valence-electron chi connectivity index (χ0n) is 10.5. The average Bonchev–Trinajstić information content (AvgIpc) is 2.21. The van der Waals surface area contributed by atoms with E-state index in [1.165, 1.54) is 0 Å². The van der Waals surface area contributed by atoms with Gasteiger partial charge in [-0.15, -0.1) is 6.58 Å². The molecule has 0 saturated heterocycles. The number of hydrogen-bond acceptors (Lipinski definition) is 5. The molecule has 0 aromatic carbocycles. The fourth-order valence-electron chi connectivity index (χ4n) is 0.981. The number of alkyl carbamates (subject to hydrolysis) is 1. The van der Waals surface area contributed by atoms with Crippen LogP contribution in [0.5, 0.6) is 0 Å². The summed E-state index contributed by atoms with van der Waals surface area (Å²) < 4.78 is 9.40. The molecule has 6 nitrogen and oxygen atoms in total. The molecule has 0 aliphatic heterocycles. The van der Waals surface area contributed by atoms with Gasteiger partial charge in [0.25, 0.3) is 0 Å². The smallest absolute Gasteiger partial charge is 0.408 e. The van der Waals surface area contributed by atoms with Crippen molar-refractivity contribution in [1.29, 1.82) is 0 Å². The first-order chi connectivity index (χ1) is 7.71. The van der Waals surface area contributed by atoms with E-state index in [4.69, 9.17) is 4.74 Å². The van der Waals surface area contributed by atoms with Gasteiger partial charge in [-0.3, -0.25) is 0 Å². The summed E-state index contributed by atoms with van der Waals surface area (Å²) in [6.45, 7) is 8.38. The molecule has 0 heterocycles. The van der Waals surface area contributed by atoms with Crippen LogP contribution in [-0.2, 0) is 14.3 Å². The Hall–Kier alpha value is -1.56. The Balaban J connectivity index is 4.60. The van der Waals surface area contributed by atoms with Crippen LogP contribution in [0.2, 0.25) is 0 Å². The Labute approximate surface area is 101 Å². The van der Waals surface area contributed by atoms with E-state index < -0.39 is 29.8 Å². The van der Waals surface area contributed by atoms with Crippen LogP contribution >= 0.6 is 0 Å².